The van der Waals surface area contributed by atoms with Gasteiger partial charge in [-0.3, -0.25) is 9.69 Å². The Kier molecular flexibility index (Phi) is 9.30. The Morgan fingerprint density at radius 3 is 1.94 bits per heavy atom. The highest BCUT2D eigenvalue weighted by Crippen LogP contribution is 2.59. The van der Waals surface area contributed by atoms with Gasteiger partial charge in [-0.1, -0.05) is 60.7 Å². The maximum absolute atomic E-state index is 15.0. The Balaban J connectivity index is 1.47. The normalized spacial score (nSPS) is 19.0. The largest absolute Gasteiger partial charge is 0.504 e. The van der Waals surface area contributed by atoms with Crippen LogP contribution in [-0.2, 0) is 29.2 Å². The second-order valence-corrected chi connectivity index (χ2v) is 13.1. The summed E-state index contributed by atoms with van der Waals surface area (Å²) < 4.78 is 37.0. The van der Waals surface area contributed by atoms with Crippen molar-refractivity contribution in [3.05, 3.63) is 111 Å². The molecule has 10 nitrogen and oxygen atoms in total. The van der Waals surface area contributed by atoms with E-state index in [1.165, 1.54) is 7.11 Å². The average molecular weight is 693 g/mol. The molecule has 1 fully saturated rings. The van der Waals surface area contributed by atoms with E-state index in [9.17, 15) is 9.90 Å². The van der Waals surface area contributed by atoms with Gasteiger partial charge in [-0.15, -0.1) is 0 Å². The van der Waals surface area contributed by atoms with Crippen molar-refractivity contribution in [2.75, 3.05) is 42.1 Å². The molecule has 10 heteroatoms. The number of aromatic hydroxyl groups is 1. The van der Waals surface area contributed by atoms with Gasteiger partial charge in [0.15, 0.2) is 23.0 Å². The Morgan fingerprint density at radius 2 is 1.33 bits per heavy atom. The van der Waals surface area contributed by atoms with Crippen molar-refractivity contribution in [3.8, 4) is 34.5 Å². The molecule has 1 amide bonds. The number of hydrogen-bond donors (Lipinski definition) is 1. The highest BCUT2D eigenvalue weighted by Gasteiger charge is 2.53. The quantitative estimate of drug-likeness (QED) is 0.185. The molecule has 0 aliphatic carbocycles. The first-order valence-electron chi connectivity index (χ1n) is 17.0. The number of nitrogens with zero attached hydrogens (tertiary/aromatic N) is 2. The van der Waals surface area contributed by atoms with E-state index in [2.05, 4.69) is 0 Å². The molecular weight excluding hydrogens is 648 g/mol. The lowest BCUT2D eigenvalue weighted by Crippen LogP contribution is -2.60. The number of hydrogen-bond acceptors (Lipinski definition) is 9. The minimum absolute atomic E-state index is 0.0312. The second-order valence-electron chi connectivity index (χ2n) is 13.1. The van der Waals surface area contributed by atoms with Gasteiger partial charge in [0.2, 0.25) is 5.91 Å². The van der Waals surface area contributed by atoms with Gasteiger partial charge < -0.3 is 38.4 Å². The number of methoxy groups -OCH3 is 4. The molecule has 1 N–H and O–H groups in total. The van der Waals surface area contributed by atoms with Crippen LogP contribution in [0.2, 0.25) is 0 Å². The van der Waals surface area contributed by atoms with Crippen LogP contribution in [0.25, 0.3) is 6.08 Å². The van der Waals surface area contributed by atoms with Crippen LogP contribution < -0.4 is 23.7 Å². The van der Waals surface area contributed by atoms with Crippen LogP contribution in [0.5, 0.6) is 34.5 Å². The standard InChI is InChI=1S/C41H44N2O8/c1-23-36(46-4)28-19-30-41(45)43-29(34(42(30)3)33(28)35(44)38(23)48-6)18-27-32(31(43)22-50-20-25-14-10-8-11-15-25)40(39(49-7)24(2)37(27)47-5)51-21-26-16-12-9-13-17-26/h8-18,30-31,34,44H,19-22H2,1-7H3/t30-,31?,34+/m0/s1. The number of carbonyl (C=O) groups is 1. The van der Waals surface area contributed by atoms with Crippen LogP contribution in [0.3, 0.4) is 0 Å². The number of piperazine rings is 1. The fourth-order valence-electron chi connectivity index (χ4n) is 8.15. The van der Waals surface area contributed by atoms with E-state index in [0.29, 0.717) is 58.6 Å². The molecule has 0 aromatic heterocycles. The summed E-state index contributed by atoms with van der Waals surface area (Å²) in [4.78, 5) is 18.8. The van der Waals surface area contributed by atoms with Gasteiger partial charge in [0.05, 0.1) is 59.8 Å². The van der Waals surface area contributed by atoms with E-state index in [1.54, 1.807) is 21.3 Å². The molecule has 266 valence electrons. The summed E-state index contributed by atoms with van der Waals surface area (Å²) in [5.74, 6) is 2.55. The van der Waals surface area contributed by atoms with Gasteiger partial charge in [0, 0.05) is 45.5 Å². The van der Waals surface area contributed by atoms with E-state index >= 15 is 0 Å². The number of phenols is 1. The maximum atomic E-state index is 15.0. The fourth-order valence-corrected chi connectivity index (χ4v) is 8.15. The fraction of sp³-hybridized carbons (Fsp3) is 0.341. The third-order valence-corrected chi connectivity index (χ3v) is 10.4. The number of rotatable bonds is 11. The van der Waals surface area contributed by atoms with Crippen molar-refractivity contribution in [1.29, 1.82) is 0 Å². The van der Waals surface area contributed by atoms with E-state index in [-0.39, 0.29) is 24.9 Å². The Hall–Kier alpha value is -5.19. The third-order valence-electron chi connectivity index (χ3n) is 10.4. The zero-order valence-electron chi connectivity index (χ0n) is 30.1. The van der Waals surface area contributed by atoms with Crippen LogP contribution >= 0.6 is 0 Å². The predicted octanol–water partition coefficient (Wildman–Crippen LogP) is 6.67. The summed E-state index contributed by atoms with van der Waals surface area (Å²) in [6.45, 7) is 4.58. The summed E-state index contributed by atoms with van der Waals surface area (Å²) >= 11 is 0. The predicted molar refractivity (Wildman–Crippen MR) is 193 cm³/mol. The van der Waals surface area contributed by atoms with Crippen molar-refractivity contribution < 1.29 is 38.3 Å². The van der Waals surface area contributed by atoms with Crippen LogP contribution in [0.1, 0.15) is 56.6 Å². The highest BCUT2D eigenvalue weighted by atomic mass is 16.5. The highest BCUT2D eigenvalue weighted by molar-refractivity contribution is 5.91. The molecule has 1 unspecified atom stereocenters. The maximum Gasteiger partial charge on any atom is 0.245 e. The van der Waals surface area contributed by atoms with E-state index in [0.717, 1.165) is 33.4 Å². The molecule has 0 spiro atoms. The Bertz CT molecular complexity index is 2000. The number of phenolic OH excluding ortho intramolecular Hbond substituents is 1. The lowest BCUT2D eigenvalue weighted by Gasteiger charge is -2.53. The van der Waals surface area contributed by atoms with Crippen LogP contribution in [0.4, 0.5) is 0 Å². The molecule has 0 radical (unpaired) electrons. The number of ether oxygens (including phenoxy) is 6. The van der Waals surface area contributed by atoms with Crippen molar-refractivity contribution in [2.45, 2.75) is 51.6 Å². The summed E-state index contributed by atoms with van der Waals surface area (Å²) in [6, 6.07) is 18.2. The minimum Gasteiger partial charge on any atom is -0.504 e. The smallest absolute Gasteiger partial charge is 0.245 e. The Labute approximate surface area is 298 Å². The minimum atomic E-state index is -0.623. The number of likely N-dealkylation sites (N-methyl/N-ethyl adjacent to an activating group) is 1. The van der Waals surface area contributed by atoms with E-state index in [4.69, 9.17) is 28.4 Å². The van der Waals surface area contributed by atoms with Gasteiger partial charge >= 0.3 is 0 Å². The number of benzene rings is 4. The molecule has 0 saturated carbocycles. The van der Waals surface area contributed by atoms with Crippen molar-refractivity contribution >= 4 is 12.0 Å². The number of fused-ring (bicyclic) bond motifs is 7. The zero-order chi connectivity index (χ0) is 36.0. The first kappa shape index (κ1) is 34.3. The summed E-state index contributed by atoms with van der Waals surface area (Å²) in [5.41, 5.74) is 7.06. The van der Waals surface area contributed by atoms with Gasteiger partial charge in [-0.25, -0.2) is 0 Å². The molecule has 3 aliphatic heterocycles. The lowest BCUT2D eigenvalue weighted by molar-refractivity contribution is -0.145. The van der Waals surface area contributed by atoms with Crippen molar-refractivity contribution in [3.63, 3.8) is 0 Å². The van der Waals surface area contributed by atoms with E-state index < -0.39 is 18.1 Å². The third kappa shape index (κ3) is 5.53. The van der Waals surface area contributed by atoms with Gasteiger partial charge in [0.1, 0.15) is 18.1 Å². The molecule has 1 saturated heterocycles. The lowest BCUT2D eigenvalue weighted by atomic mass is 9.77. The molecule has 4 aromatic carbocycles. The molecule has 2 bridgehead atoms. The molecule has 4 aromatic rings. The Morgan fingerprint density at radius 1 is 0.745 bits per heavy atom. The summed E-state index contributed by atoms with van der Waals surface area (Å²) in [7, 11) is 8.31. The molecule has 3 atom stereocenters. The monoisotopic (exact) mass is 692 g/mol. The van der Waals surface area contributed by atoms with Crippen LogP contribution in [-0.4, -0.2) is 68.9 Å². The van der Waals surface area contributed by atoms with Crippen LogP contribution in [0.15, 0.2) is 66.4 Å². The topological polar surface area (TPSA) is 99.2 Å². The van der Waals surface area contributed by atoms with Gasteiger partial charge in [-0.05, 0) is 38.1 Å². The van der Waals surface area contributed by atoms with Gasteiger partial charge in [-0.2, -0.15) is 0 Å². The number of amides is 1. The SMILES string of the molecule is COc1c(C)c(OC)c2c(c1O)[C@H]1C3=Cc4c(OC)c(C)c(OC)c(OCc5ccccc5)c4C(COCc4ccccc4)N3C(=O)[C@H](C2)N1C. The zero-order valence-corrected chi connectivity index (χ0v) is 30.1. The van der Waals surface area contributed by atoms with Crippen molar-refractivity contribution in [1.82, 2.24) is 9.80 Å². The van der Waals surface area contributed by atoms with Gasteiger partial charge in [0.25, 0.3) is 0 Å². The second kappa shape index (κ2) is 13.8. The summed E-state index contributed by atoms with van der Waals surface area (Å²) in [6.07, 6.45) is 2.33. The van der Waals surface area contributed by atoms with Crippen LogP contribution in [0, 0.1) is 13.8 Å². The molecule has 7 rings (SSSR count). The first-order valence-corrected chi connectivity index (χ1v) is 17.0. The molecular formula is C41H44N2O8. The van der Waals surface area contributed by atoms with E-state index in [1.807, 2.05) is 97.4 Å². The first-order chi connectivity index (χ1) is 24.7. The summed E-state index contributed by atoms with van der Waals surface area (Å²) in [5, 5.41) is 11.9. The number of carbonyl (C=O) groups excluding carboxylic acids is 1. The molecule has 3 heterocycles. The van der Waals surface area contributed by atoms with Crippen molar-refractivity contribution in [2.24, 2.45) is 0 Å². The average Bonchev–Trinajstić information content (AvgIpc) is 3.14. The molecule has 3 aliphatic rings. The molecule has 51 heavy (non-hydrogen) atoms.